The van der Waals surface area contributed by atoms with Gasteiger partial charge in [-0.25, -0.2) is 17.9 Å². The summed E-state index contributed by atoms with van der Waals surface area (Å²) < 4.78 is 32.6. The molecule has 0 spiro atoms. The van der Waals surface area contributed by atoms with Gasteiger partial charge in [-0.2, -0.15) is 0 Å². The number of nitrogen functional groups attached to an aromatic ring is 1. The zero-order valence-corrected chi connectivity index (χ0v) is 14.4. The minimum atomic E-state index is -3.63. The summed E-state index contributed by atoms with van der Waals surface area (Å²) in [5.41, 5.74) is 5.49. The van der Waals surface area contributed by atoms with Gasteiger partial charge in [0, 0.05) is 24.8 Å². The van der Waals surface area contributed by atoms with Crippen LogP contribution >= 0.6 is 0 Å². The largest absolute Gasteiger partial charge is 0.444 e. The number of carbonyl (C=O) groups is 1. The van der Waals surface area contributed by atoms with Crippen molar-refractivity contribution in [2.45, 2.75) is 43.7 Å². The van der Waals surface area contributed by atoms with E-state index in [1.54, 1.807) is 20.8 Å². The van der Waals surface area contributed by atoms with Crippen molar-refractivity contribution in [1.82, 2.24) is 9.62 Å². The van der Waals surface area contributed by atoms with E-state index in [4.69, 9.17) is 10.5 Å². The third-order valence-electron chi connectivity index (χ3n) is 3.35. The molecule has 2 rings (SSSR count). The third kappa shape index (κ3) is 4.84. The molecule has 7 nitrogen and oxygen atoms in total. The molecule has 0 bridgehead atoms. The second-order valence-electron chi connectivity index (χ2n) is 6.60. The first-order valence-corrected chi connectivity index (χ1v) is 8.91. The molecule has 1 aliphatic rings. The van der Waals surface area contributed by atoms with Gasteiger partial charge in [-0.1, -0.05) is 0 Å². The van der Waals surface area contributed by atoms with Crippen LogP contribution in [0, 0.1) is 0 Å². The van der Waals surface area contributed by atoms with Gasteiger partial charge in [0.05, 0.1) is 4.90 Å². The van der Waals surface area contributed by atoms with Crippen molar-refractivity contribution in [2.75, 3.05) is 18.8 Å². The molecule has 0 aliphatic carbocycles. The average Bonchev–Trinajstić information content (AvgIpc) is 2.85. The highest BCUT2D eigenvalue weighted by Crippen LogP contribution is 2.18. The first kappa shape index (κ1) is 17.6. The summed E-state index contributed by atoms with van der Waals surface area (Å²) in [6.45, 7) is 6.14. The molecule has 0 unspecified atom stereocenters. The molecular weight excluding hydrogens is 318 g/mol. The number of hydrogen-bond acceptors (Lipinski definition) is 5. The van der Waals surface area contributed by atoms with E-state index < -0.39 is 21.7 Å². The summed E-state index contributed by atoms with van der Waals surface area (Å²) >= 11 is 0. The number of nitrogens with zero attached hydrogens (tertiary/aromatic N) is 1. The van der Waals surface area contributed by atoms with Gasteiger partial charge in [0.2, 0.25) is 10.0 Å². The summed E-state index contributed by atoms with van der Waals surface area (Å²) in [6, 6.07) is 5.66. The average molecular weight is 341 g/mol. The second-order valence-corrected chi connectivity index (χ2v) is 8.32. The van der Waals surface area contributed by atoms with Crippen molar-refractivity contribution in [1.29, 1.82) is 0 Å². The normalized spacial score (nSPS) is 18.9. The number of likely N-dealkylation sites (tertiary alicyclic amines) is 1. The molecule has 1 atom stereocenters. The zero-order valence-electron chi connectivity index (χ0n) is 13.6. The van der Waals surface area contributed by atoms with Crippen molar-refractivity contribution < 1.29 is 17.9 Å². The summed E-state index contributed by atoms with van der Waals surface area (Å²) in [5.74, 6) is 0. The summed E-state index contributed by atoms with van der Waals surface area (Å²) in [5, 5.41) is 0. The Bertz CT molecular complexity index is 665. The monoisotopic (exact) mass is 341 g/mol. The van der Waals surface area contributed by atoms with Gasteiger partial charge < -0.3 is 15.4 Å². The maximum atomic E-state index is 12.3. The summed E-state index contributed by atoms with van der Waals surface area (Å²) in [7, 11) is -3.63. The molecule has 0 radical (unpaired) electrons. The second kappa shape index (κ2) is 6.37. The number of ether oxygens (including phenoxy) is 1. The number of nitrogens with one attached hydrogen (secondary N) is 1. The van der Waals surface area contributed by atoms with Crippen molar-refractivity contribution in [3.05, 3.63) is 24.3 Å². The fourth-order valence-electron chi connectivity index (χ4n) is 2.28. The zero-order chi connectivity index (χ0) is 17.3. The highest BCUT2D eigenvalue weighted by atomic mass is 32.2. The predicted molar refractivity (Wildman–Crippen MR) is 87.4 cm³/mol. The van der Waals surface area contributed by atoms with Gasteiger partial charge in [0.1, 0.15) is 5.60 Å². The van der Waals surface area contributed by atoms with Crippen molar-refractivity contribution >= 4 is 21.8 Å². The maximum Gasteiger partial charge on any atom is 0.410 e. The number of amides is 1. The number of sulfonamides is 1. The van der Waals surface area contributed by atoms with Crippen molar-refractivity contribution in [2.24, 2.45) is 0 Å². The Morgan fingerprint density at radius 2 is 1.91 bits per heavy atom. The number of hydrogen-bond donors (Lipinski definition) is 2. The van der Waals surface area contributed by atoms with E-state index in [0.717, 1.165) is 0 Å². The van der Waals surface area contributed by atoms with Crippen molar-refractivity contribution in [3.63, 3.8) is 0 Å². The van der Waals surface area contributed by atoms with Gasteiger partial charge >= 0.3 is 6.09 Å². The first-order valence-electron chi connectivity index (χ1n) is 7.43. The molecule has 1 heterocycles. The Labute approximate surface area is 136 Å². The molecule has 128 valence electrons. The molecule has 1 fully saturated rings. The topological polar surface area (TPSA) is 102 Å². The summed E-state index contributed by atoms with van der Waals surface area (Å²) in [4.78, 5) is 13.7. The quantitative estimate of drug-likeness (QED) is 0.812. The Morgan fingerprint density at radius 3 is 2.48 bits per heavy atom. The number of anilines is 1. The van der Waals surface area contributed by atoms with Crippen LogP contribution in [-0.4, -0.2) is 44.1 Å². The lowest BCUT2D eigenvalue weighted by Gasteiger charge is -2.24. The molecule has 1 aromatic rings. The Morgan fingerprint density at radius 1 is 1.30 bits per heavy atom. The van der Waals surface area contributed by atoms with Crippen LogP contribution < -0.4 is 10.5 Å². The Hall–Kier alpha value is -1.80. The van der Waals surface area contributed by atoms with E-state index in [0.29, 0.717) is 25.2 Å². The lowest BCUT2D eigenvalue weighted by atomic mass is 10.2. The molecule has 23 heavy (non-hydrogen) atoms. The molecule has 3 N–H and O–H groups in total. The third-order valence-corrected chi connectivity index (χ3v) is 4.89. The van der Waals surface area contributed by atoms with E-state index in [-0.39, 0.29) is 10.9 Å². The maximum absolute atomic E-state index is 12.3. The fourth-order valence-corrected chi connectivity index (χ4v) is 3.54. The fraction of sp³-hybridized carbons (Fsp3) is 0.533. The minimum Gasteiger partial charge on any atom is -0.444 e. The smallest absolute Gasteiger partial charge is 0.410 e. The van der Waals surface area contributed by atoms with Gasteiger partial charge in [0.25, 0.3) is 0 Å². The minimum absolute atomic E-state index is 0.155. The van der Waals surface area contributed by atoms with Gasteiger partial charge in [-0.05, 0) is 51.5 Å². The van der Waals surface area contributed by atoms with Crippen LogP contribution in [0.5, 0.6) is 0 Å². The number of benzene rings is 1. The molecule has 1 aliphatic heterocycles. The predicted octanol–water partition coefficient (Wildman–Crippen LogP) is 1.56. The molecule has 1 aromatic carbocycles. The van der Waals surface area contributed by atoms with Crippen LogP contribution in [0.25, 0.3) is 0 Å². The molecule has 0 aromatic heterocycles. The van der Waals surface area contributed by atoms with E-state index in [1.165, 1.54) is 29.2 Å². The Kier molecular flexibility index (Phi) is 4.86. The lowest BCUT2D eigenvalue weighted by molar-refractivity contribution is 0.0292. The molecule has 0 saturated carbocycles. The van der Waals surface area contributed by atoms with Gasteiger partial charge in [0.15, 0.2) is 0 Å². The van der Waals surface area contributed by atoms with E-state index in [2.05, 4.69) is 4.72 Å². The highest BCUT2D eigenvalue weighted by Gasteiger charge is 2.32. The number of carbonyl (C=O) groups excluding carboxylic acids is 1. The van der Waals surface area contributed by atoms with E-state index in [9.17, 15) is 13.2 Å². The summed E-state index contributed by atoms with van der Waals surface area (Å²) in [6.07, 6.45) is 0.125. The van der Waals surface area contributed by atoms with Crippen LogP contribution in [0.1, 0.15) is 27.2 Å². The number of rotatable bonds is 3. The SMILES string of the molecule is CC(C)(C)OC(=O)N1CC[C@H](NS(=O)(=O)c2ccc(N)cc2)C1. The van der Waals surface area contributed by atoms with Crippen LogP contribution in [0.3, 0.4) is 0 Å². The van der Waals surface area contributed by atoms with Crippen LogP contribution in [0.4, 0.5) is 10.5 Å². The molecular formula is C15H23N3O4S. The Balaban J connectivity index is 1.97. The molecule has 1 amide bonds. The molecule has 1 saturated heterocycles. The van der Waals surface area contributed by atoms with Gasteiger partial charge in [-0.3, -0.25) is 0 Å². The standard InChI is InChI=1S/C15H23N3O4S/c1-15(2,3)22-14(19)18-9-8-12(10-18)17-23(20,21)13-6-4-11(16)5-7-13/h4-7,12,17H,8-10,16H2,1-3H3/t12-/m0/s1. The first-order chi connectivity index (χ1) is 10.6. The number of nitrogens with two attached hydrogens (primary N) is 1. The lowest BCUT2D eigenvalue weighted by Crippen LogP contribution is -2.40. The van der Waals surface area contributed by atoms with E-state index in [1.807, 2.05) is 0 Å². The van der Waals surface area contributed by atoms with E-state index >= 15 is 0 Å². The van der Waals surface area contributed by atoms with Crippen LogP contribution in [-0.2, 0) is 14.8 Å². The molecule has 8 heteroatoms. The van der Waals surface area contributed by atoms with Crippen LogP contribution in [0.15, 0.2) is 29.2 Å². The highest BCUT2D eigenvalue weighted by molar-refractivity contribution is 7.89. The van der Waals surface area contributed by atoms with Crippen LogP contribution in [0.2, 0.25) is 0 Å². The van der Waals surface area contributed by atoms with Gasteiger partial charge in [-0.15, -0.1) is 0 Å². The van der Waals surface area contributed by atoms with Crippen molar-refractivity contribution in [3.8, 4) is 0 Å².